The van der Waals surface area contributed by atoms with Crippen molar-refractivity contribution in [3.63, 3.8) is 0 Å². The summed E-state index contributed by atoms with van der Waals surface area (Å²) >= 11 is 0. The van der Waals surface area contributed by atoms with Crippen molar-refractivity contribution in [2.75, 3.05) is 13.2 Å². The summed E-state index contributed by atoms with van der Waals surface area (Å²) < 4.78 is 16.5. The lowest BCUT2D eigenvalue weighted by Crippen LogP contribution is -2.30. The molecule has 0 aromatic carbocycles. The molecule has 0 heterocycles. The minimum atomic E-state index is -0.754. The third-order valence-corrected chi connectivity index (χ3v) is 8.86. The lowest BCUT2D eigenvalue weighted by molar-refractivity contribution is -0.167. The van der Waals surface area contributed by atoms with Crippen LogP contribution in [0, 0.1) is 0 Å². The van der Waals surface area contributed by atoms with Gasteiger partial charge in [-0.15, -0.1) is 0 Å². The monoisotopic (exact) mass is 653 g/mol. The fraction of sp³-hybridized carbons (Fsp3) is 0.925. The summed E-state index contributed by atoms with van der Waals surface area (Å²) in [6.45, 7) is 6.51. The summed E-state index contributed by atoms with van der Waals surface area (Å²) in [6, 6.07) is 0. The summed E-state index contributed by atoms with van der Waals surface area (Å²) in [5.41, 5.74) is 0. The van der Waals surface area contributed by atoms with Crippen molar-refractivity contribution in [3.8, 4) is 0 Å². The maximum atomic E-state index is 12.5. The molecule has 0 rings (SSSR count). The van der Waals surface area contributed by atoms with Gasteiger partial charge >= 0.3 is 17.9 Å². The van der Waals surface area contributed by atoms with E-state index in [2.05, 4.69) is 20.8 Å². The summed E-state index contributed by atoms with van der Waals surface area (Å²) in [5.74, 6) is -0.882. The van der Waals surface area contributed by atoms with Gasteiger partial charge in [0, 0.05) is 19.3 Å². The molecule has 272 valence electrons. The molecule has 0 fully saturated rings. The Morgan fingerprint density at radius 3 is 0.870 bits per heavy atom. The Bertz CT molecular complexity index is 679. The lowest BCUT2D eigenvalue weighted by Gasteiger charge is -2.18. The van der Waals surface area contributed by atoms with E-state index in [9.17, 15) is 14.4 Å². The first kappa shape index (κ1) is 44.4. The quantitative estimate of drug-likeness (QED) is 0.0381. The van der Waals surface area contributed by atoms with Gasteiger partial charge in [0.15, 0.2) is 6.10 Å². The van der Waals surface area contributed by atoms with Crippen LogP contribution in [0.3, 0.4) is 0 Å². The summed E-state index contributed by atoms with van der Waals surface area (Å²) in [5, 5.41) is 0. The second-order valence-corrected chi connectivity index (χ2v) is 13.6. The summed E-state index contributed by atoms with van der Waals surface area (Å²) in [4.78, 5) is 37.1. The van der Waals surface area contributed by atoms with Crippen LogP contribution in [-0.2, 0) is 28.6 Å². The molecular formula is C40H76O6. The predicted molar refractivity (Wildman–Crippen MR) is 192 cm³/mol. The van der Waals surface area contributed by atoms with Crippen molar-refractivity contribution < 1.29 is 28.6 Å². The largest absolute Gasteiger partial charge is 0.462 e. The molecule has 0 spiro atoms. The highest BCUT2D eigenvalue weighted by atomic mass is 16.6. The van der Waals surface area contributed by atoms with Gasteiger partial charge in [-0.2, -0.15) is 0 Å². The molecule has 0 saturated heterocycles. The zero-order chi connectivity index (χ0) is 33.8. The van der Waals surface area contributed by atoms with Gasteiger partial charge in [0.1, 0.15) is 13.2 Å². The first-order chi connectivity index (χ1) is 22.5. The van der Waals surface area contributed by atoms with E-state index in [1.54, 1.807) is 0 Å². The van der Waals surface area contributed by atoms with E-state index in [-0.39, 0.29) is 31.1 Å². The lowest BCUT2D eigenvalue weighted by atomic mass is 10.0. The number of carbonyl (C=O) groups excluding carboxylic acids is 3. The molecule has 0 saturated carbocycles. The highest BCUT2D eigenvalue weighted by Gasteiger charge is 2.19. The van der Waals surface area contributed by atoms with Crippen LogP contribution in [0.25, 0.3) is 0 Å². The molecule has 0 aliphatic carbocycles. The molecule has 0 aromatic rings. The first-order valence-electron chi connectivity index (χ1n) is 20.0. The van der Waals surface area contributed by atoms with Crippen molar-refractivity contribution >= 4 is 17.9 Å². The average molecular weight is 653 g/mol. The summed E-state index contributed by atoms with van der Waals surface area (Å²) in [7, 11) is 0. The number of rotatable bonds is 36. The standard InChI is InChI=1S/C40H76O6/c1-4-7-10-13-15-16-17-18-19-20-21-22-23-25-27-30-33-39(42)45-36-37(35-44-38(41)32-29-26-12-9-6-3)46-40(43)34-31-28-24-14-11-8-5-2/h37H,4-36H2,1-3H3/t37-/m0/s1. The number of unbranched alkanes of at least 4 members (excludes halogenated alkanes) is 25. The number of esters is 3. The van der Waals surface area contributed by atoms with Crippen LogP contribution in [0.15, 0.2) is 0 Å². The zero-order valence-electron chi connectivity index (χ0n) is 30.9. The van der Waals surface area contributed by atoms with Crippen LogP contribution in [0.2, 0.25) is 0 Å². The predicted octanol–water partition coefficient (Wildman–Crippen LogP) is 12.1. The molecule has 0 N–H and O–H groups in total. The third kappa shape index (κ3) is 33.8. The molecule has 0 amide bonds. The highest BCUT2D eigenvalue weighted by molar-refractivity contribution is 5.71. The average Bonchev–Trinajstić information content (AvgIpc) is 3.05. The fourth-order valence-electron chi connectivity index (χ4n) is 5.79. The van der Waals surface area contributed by atoms with Crippen LogP contribution in [0.1, 0.15) is 220 Å². The molecule has 0 radical (unpaired) electrons. The number of hydrogen-bond acceptors (Lipinski definition) is 6. The maximum absolute atomic E-state index is 12.5. The minimum absolute atomic E-state index is 0.0652. The van der Waals surface area contributed by atoms with E-state index in [4.69, 9.17) is 14.2 Å². The SMILES string of the molecule is CCCCCCCCCCCCCCCCCCC(=O)OC[C@H](COC(=O)CCCCCCC)OC(=O)CCCCCCCCC. The minimum Gasteiger partial charge on any atom is -0.462 e. The molecule has 0 aromatic heterocycles. The second kappa shape index (κ2) is 36.2. The molecule has 0 aliphatic rings. The topological polar surface area (TPSA) is 78.9 Å². The fourth-order valence-corrected chi connectivity index (χ4v) is 5.79. The van der Waals surface area contributed by atoms with Crippen molar-refractivity contribution in [3.05, 3.63) is 0 Å². The van der Waals surface area contributed by atoms with Gasteiger partial charge in [0.2, 0.25) is 0 Å². The maximum Gasteiger partial charge on any atom is 0.306 e. The van der Waals surface area contributed by atoms with Crippen LogP contribution < -0.4 is 0 Å². The molecule has 0 bridgehead atoms. The van der Waals surface area contributed by atoms with E-state index in [1.807, 2.05) is 0 Å². The van der Waals surface area contributed by atoms with Gasteiger partial charge in [-0.25, -0.2) is 0 Å². The third-order valence-electron chi connectivity index (χ3n) is 8.86. The van der Waals surface area contributed by atoms with Crippen LogP contribution >= 0.6 is 0 Å². The Kier molecular flexibility index (Phi) is 35.0. The van der Waals surface area contributed by atoms with Crippen molar-refractivity contribution in [1.29, 1.82) is 0 Å². The molecule has 1 atom stereocenters. The van der Waals surface area contributed by atoms with E-state index >= 15 is 0 Å². The van der Waals surface area contributed by atoms with Gasteiger partial charge in [-0.05, 0) is 19.3 Å². The Labute approximate surface area is 285 Å². The Balaban J connectivity index is 4.12. The van der Waals surface area contributed by atoms with Gasteiger partial charge in [-0.1, -0.05) is 181 Å². The Hall–Kier alpha value is -1.59. The van der Waals surface area contributed by atoms with Crippen molar-refractivity contribution in [2.24, 2.45) is 0 Å². The van der Waals surface area contributed by atoms with Crippen LogP contribution in [0.4, 0.5) is 0 Å². The van der Waals surface area contributed by atoms with E-state index in [0.717, 1.165) is 64.2 Å². The molecule has 46 heavy (non-hydrogen) atoms. The molecule has 0 aliphatic heterocycles. The number of hydrogen-bond donors (Lipinski definition) is 0. The Morgan fingerprint density at radius 1 is 0.348 bits per heavy atom. The van der Waals surface area contributed by atoms with E-state index in [0.29, 0.717) is 19.3 Å². The molecule has 0 unspecified atom stereocenters. The van der Waals surface area contributed by atoms with Gasteiger partial charge < -0.3 is 14.2 Å². The molecule has 6 nitrogen and oxygen atoms in total. The van der Waals surface area contributed by atoms with Gasteiger partial charge in [-0.3, -0.25) is 14.4 Å². The van der Waals surface area contributed by atoms with Crippen molar-refractivity contribution in [1.82, 2.24) is 0 Å². The van der Waals surface area contributed by atoms with Gasteiger partial charge in [0.25, 0.3) is 0 Å². The zero-order valence-corrected chi connectivity index (χ0v) is 30.9. The van der Waals surface area contributed by atoms with Crippen LogP contribution in [-0.4, -0.2) is 37.2 Å². The highest BCUT2D eigenvalue weighted by Crippen LogP contribution is 2.15. The smallest absolute Gasteiger partial charge is 0.306 e. The van der Waals surface area contributed by atoms with Crippen molar-refractivity contribution in [2.45, 2.75) is 226 Å². The molecule has 6 heteroatoms. The van der Waals surface area contributed by atoms with E-state index in [1.165, 1.54) is 116 Å². The number of carbonyl (C=O) groups is 3. The number of ether oxygens (including phenoxy) is 3. The summed E-state index contributed by atoms with van der Waals surface area (Å²) in [6.07, 6.45) is 34.1. The second-order valence-electron chi connectivity index (χ2n) is 13.6. The van der Waals surface area contributed by atoms with E-state index < -0.39 is 6.10 Å². The first-order valence-corrected chi connectivity index (χ1v) is 20.0. The normalized spacial score (nSPS) is 11.8. The Morgan fingerprint density at radius 2 is 0.587 bits per heavy atom. The van der Waals surface area contributed by atoms with Crippen LogP contribution in [0.5, 0.6) is 0 Å². The molecular weight excluding hydrogens is 576 g/mol. The van der Waals surface area contributed by atoms with Gasteiger partial charge in [0.05, 0.1) is 0 Å².